The summed E-state index contributed by atoms with van der Waals surface area (Å²) in [5, 5.41) is 0. The molecule has 0 aliphatic carbocycles. The van der Waals surface area contributed by atoms with Gasteiger partial charge in [-0.3, -0.25) is 14.2 Å². The molecule has 1 aromatic heterocycles. The van der Waals surface area contributed by atoms with Crippen LogP contribution >= 0.6 is 15.9 Å². The van der Waals surface area contributed by atoms with E-state index in [2.05, 4.69) is 22.9 Å². The summed E-state index contributed by atoms with van der Waals surface area (Å²) >= 11 is 3.45. The molecule has 1 aliphatic heterocycles. The number of carbonyl (C=O) groups is 1. The second-order valence-corrected chi connectivity index (χ2v) is 9.96. The van der Waals surface area contributed by atoms with Crippen LogP contribution < -0.4 is 11.3 Å². The number of hydrogen-bond acceptors (Lipinski definition) is 4. The van der Waals surface area contributed by atoms with E-state index in [1.54, 1.807) is 0 Å². The van der Waals surface area contributed by atoms with Gasteiger partial charge < -0.3 is 10.6 Å². The zero-order valence-electron chi connectivity index (χ0n) is 22.3. The molecule has 4 rings (SSSR count). The van der Waals surface area contributed by atoms with Crippen LogP contribution in [-0.2, 0) is 19.4 Å². The van der Waals surface area contributed by atoms with Gasteiger partial charge in [-0.05, 0) is 62.1 Å². The third-order valence-corrected chi connectivity index (χ3v) is 7.19. The molecule has 198 valence electrons. The third kappa shape index (κ3) is 6.96. The van der Waals surface area contributed by atoms with E-state index in [4.69, 9.17) is 10.7 Å². The summed E-state index contributed by atoms with van der Waals surface area (Å²) in [7, 11) is 0. The Hall–Kier alpha value is -2.77. The molecule has 0 saturated carbocycles. The SMILES string of the molecule is CC.CCC(c1nc2n(c(=O)c1Cc1ccccc1)CCCC2)N(CCCN)C(=O)c1ccc(Br)cc1. The highest BCUT2D eigenvalue weighted by Crippen LogP contribution is 2.29. The first kappa shape index (κ1) is 28.8. The van der Waals surface area contributed by atoms with Crippen molar-refractivity contribution < 1.29 is 4.79 Å². The van der Waals surface area contributed by atoms with Crippen molar-refractivity contribution in [1.82, 2.24) is 14.5 Å². The Balaban J connectivity index is 0.00000186. The second kappa shape index (κ2) is 14.2. The summed E-state index contributed by atoms with van der Waals surface area (Å²) in [4.78, 5) is 34.5. The predicted octanol–water partition coefficient (Wildman–Crippen LogP) is 5.90. The molecule has 2 aromatic carbocycles. The summed E-state index contributed by atoms with van der Waals surface area (Å²) in [6.45, 7) is 7.75. The van der Waals surface area contributed by atoms with Crippen LogP contribution in [0, 0.1) is 0 Å². The number of amides is 1. The van der Waals surface area contributed by atoms with Crippen molar-refractivity contribution in [3.05, 3.63) is 97.6 Å². The average molecular weight is 568 g/mol. The number of fused-ring (bicyclic) bond motifs is 1. The topological polar surface area (TPSA) is 81.2 Å². The molecule has 0 spiro atoms. The summed E-state index contributed by atoms with van der Waals surface area (Å²) in [6.07, 6.45) is 4.63. The molecule has 3 aromatic rings. The fraction of sp³-hybridized carbons (Fsp3) is 0.433. The molecule has 7 heteroatoms. The molecule has 0 saturated heterocycles. The van der Waals surface area contributed by atoms with E-state index in [1.807, 2.05) is 77.9 Å². The molecule has 0 bridgehead atoms. The van der Waals surface area contributed by atoms with E-state index in [0.717, 1.165) is 40.8 Å². The quantitative estimate of drug-likeness (QED) is 0.349. The molecule has 0 radical (unpaired) electrons. The molecule has 6 nitrogen and oxygen atoms in total. The van der Waals surface area contributed by atoms with E-state index in [9.17, 15) is 9.59 Å². The van der Waals surface area contributed by atoms with Gasteiger partial charge in [0.25, 0.3) is 11.5 Å². The third-order valence-electron chi connectivity index (χ3n) is 6.66. The van der Waals surface area contributed by atoms with Gasteiger partial charge in [0.1, 0.15) is 5.82 Å². The number of rotatable bonds is 9. The Bertz CT molecular complexity index is 1210. The van der Waals surface area contributed by atoms with E-state index in [1.165, 1.54) is 0 Å². The lowest BCUT2D eigenvalue weighted by molar-refractivity contribution is 0.0663. The second-order valence-electron chi connectivity index (χ2n) is 9.04. The van der Waals surface area contributed by atoms with E-state index >= 15 is 0 Å². The number of hydrogen-bond donors (Lipinski definition) is 1. The maximum atomic E-state index is 13.8. The van der Waals surface area contributed by atoms with Crippen molar-refractivity contribution >= 4 is 21.8 Å². The monoisotopic (exact) mass is 566 g/mol. The number of nitrogens with zero attached hydrogens (tertiary/aromatic N) is 3. The highest BCUT2D eigenvalue weighted by molar-refractivity contribution is 9.10. The van der Waals surface area contributed by atoms with Crippen LogP contribution in [0.4, 0.5) is 0 Å². The van der Waals surface area contributed by atoms with Crippen LogP contribution in [-0.4, -0.2) is 33.4 Å². The Morgan fingerprint density at radius 1 is 1.11 bits per heavy atom. The van der Waals surface area contributed by atoms with E-state index in [-0.39, 0.29) is 17.5 Å². The van der Waals surface area contributed by atoms with Crippen molar-refractivity contribution in [2.45, 2.75) is 71.9 Å². The number of aryl methyl sites for hydroxylation is 1. The van der Waals surface area contributed by atoms with Crippen LogP contribution in [0.15, 0.2) is 63.9 Å². The van der Waals surface area contributed by atoms with Gasteiger partial charge in [0.15, 0.2) is 0 Å². The largest absolute Gasteiger partial charge is 0.330 e. The maximum Gasteiger partial charge on any atom is 0.257 e. The van der Waals surface area contributed by atoms with Gasteiger partial charge >= 0.3 is 0 Å². The summed E-state index contributed by atoms with van der Waals surface area (Å²) < 4.78 is 2.77. The molecular weight excluding hydrogens is 528 g/mol. The maximum absolute atomic E-state index is 13.8. The standard InChI is InChI=1S/C28H33BrN4O2.C2H6/c1-2-24(32(18-8-16-30)27(34)21-12-14-22(29)15-13-21)26-23(19-20-9-4-3-5-10-20)28(35)33-17-7-6-11-25(33)31-26;1-2/h3-5,9-10,12-15,24H,2,6-8,11,16-19,30H2,1H3;1-2H3. The molecule has 1 unspecified atom stereocenters. The lowest BCUT2D eigenvalue weighted by Crippen LogP contribution is -2.40. The van der Waals surface area contributed by atoms with Gasteiger partial charge in [0.2, 0.25) is 0 Å². The fourth-order valence-corrected chi connectivity index (χ4v) is 5.12. The number of halogens is 1. The van der Waals surface area contributed by atoms with Crippen LogP contribution in [0.1, 0.15) is 85.5 Å². The fourth-order valence-electron chi connectivity index (χ4n) is 4.85. The average Bonchev–Trinajstić information content (AvgIpc) is 2.94. The van der Waals surface area contributed by atoms with Crippen molar-refractivity contribution in [2.75, 3.05) is 13.1 Å². The molecule has 2 heterocycles. The Labute approximate surface area is 229 Å². The number of aromatic nitrogens is 2. The first-order valence-electron chi connectivity index (χ1n) is 13.5. The van der Waals surface area contributed by atoms with E-state index in [0.29, 0.717) is 50.0 Å². The minimum absolute atomic E-state index is 0.0295. The number of carbonyl (C=O) groups excluding carboxylic acids is 1. The Morgan fingerprint density at radius 3 is 2.46 bits per heavy atom. The summed E-state index contributed by atoms with van der Waals surface area (Å²) in [6, 6.07) is 17.1. The molecule has 1 aliphatic rings. The van der Waals surface area contributed by atoms with Gasteiger partial charge in [0, 0.05) is 41.5 Å². The van der Waals surface area contributed by atoms with Crippen LogP contribution in [0.25, 0.3) is 0 Å². The van der Waals surface area contributed by atoms with Crippen LogP contribution in [0.2, 0.25) is 0 Å². The predicted molar refractivity (Wildman–Crippen MR) is 154 cm³/mol. The van der Waals surface area contributed by atoms with Gasteiger partial charge in [-0.25, -0.2) is 4.98 Å². The lowest BCUT2D eigenvalue weighted by Gasteiger charge is -2.33. The van der Waals surface area contributed by atoms with Crippen molar-refractivity contribution in [1.29, 1.82) is 0 Å². The lowest BCUT2D eigenvalue weighted by atomic mass is 9.96. The first-order valence-corrected chi connectivity index (χ1v) is 14.3. The smallest absolute Gasteiger partial charge is 0.257 e. The summed E-state index contributed by atoms with van der Waals surface area (Å²) in [5.74, 6) is 0.768. The first-order chi connectivity index (χ1) is 18.0. The molecule has 2 N–H and O–H groups in total. The Kier molecular flexibility index (Phi) is 11.1. The minimum Gasteiger partial charge on any atom is -0.330 e. The highest BCUT2D eigenvalue weighted by Gasteiger charge is 2.30. The molecular formula is C30H39BrN4O2. The number of nitrogens with two attached hydrogens (primary N) is 1. The van der Waals surface area contributed by atoms with Crippen molar-refractivity contribution in [3.63, 3.8) is 0 Å². The van der Waals surface area contributed by atoms with Crippen LogP contribution in [0.3, 0.4) is 0 Å². The van der Waals surface area contributed by atoms with Gasteiger partial charge in [-0.15, -0.1) is 0 Å². The molecule has 0 fully saturated rings. The normalized spacial score (nSPS) is 13.2. The molecule has 1 atom stereocenters. The van der Waals surface area contributed by atoms with E-state index < -0.39 is 0 Å². The summed E-state index contributed by atoms with van der Waals surface area (Å²) in [5.41, 5.74) is 8.98. The zero-order valence-corrected chi connectivity index (χ0v) is 23.8. The zero-order chi connectivity index (χ0) is 26.8. The Morgan fingerprint density at radius 2 is 1.81 bits per heavy atom. The van der Waals surface area contributed by atoms with Gasteiger partial charge in [0.05, 0.1) is 11.7 Å². The van der Waals surface area contributed by atoms with Crippen LogP contribution in [0.5, 0.6) is 0 Å². The van der Waals surface area contributed by atoms with Gasteiger partial charge in [-0.2, -0.15) is 0 Å². The minimum atomic E-state index is -0.308. The highest BCUT2D eigenvalue weighted by atomic mass is 79.9. The molecule has 37 heavy (non-hydrogen) atoms. The molecule has 1 amide bonds. The number of benzene rings is 2. The van der Waals surface area contributed by atoms with Gasteiger partial charge in [-0.1, -0.05) is 67.0 Å². The van der Waals surface area contributed by atoms with Crippen molar-refractivity contribution in [3.8, 4) is 0 Å². The van der Waals surface area contributed by atoms with Crippen molar-refractivity contribution in [2.24, 2.45) is 5.73 Å².